The maximum atomic E-state index is 12.3. The van der Waals surface area contributed by atoms with Crippen LogP contribution in [0.15, 0.2) is 30.3 Å². The molecule has 2 atom stereocenters. The zero-order valence-electron chi connectivity index (χ0n) is 12.2. The number of ketones is 1. The van der Waals surface area contributed by atoms with Gasteiger partial charge < -0.3 is 4.74 Å². The smallest absolute Gasteiger partial charge is 0.163 e. The van der Waals surface area contributed by atoms with Gasteiger partial charge in [0.05, 0.1) is 0 Å². The van der Waals surface area contributed by atoms with Crippen molar-refractivity contribution in [2.45, 2.75) is 44.5 Å². The van der Waals surface area contributed by atoms with Gasteiger partial charge in [0.15, 0.2) is 5.78 Å². The molecule has 0 aliphatic carbocycles. The summed E-state index contributed by atoms with van der Waals surface area (Å²) in [5.74, 6) is 1.76. The van der Waals surface area contributed by atoms with Crippen LogP contribution in [-0.2, 0) is 4.74 Å². The van der Waals surface area contributed by atoms with E-state index in [-0.39, 0.29) is 11.2 Å². The molecule has 0 radical (unpaired) electrons. The summed E-state index contributed by atoms with van der Waals surface area (Å²) in [5.41, 5.74) is 1.04. The summed E-state index contributed by atoms with van der Waals surface area (Å²) in [7, 11) is 0. The van der Waals surface area contributed by atoms with Gasteiger partial charge >= 0.3 is 0 Å². The number of hydrogen-bond donors (Lipinski definition) is 0. The second-order valence-electron chi connectivity index (χ2n) is 5.36. The molecule has 0 spiro atoms. The minimum Gasteiger partial charge on any atom is -0.367 e. The zero-order valence-corrected chi connectivity index (χ0v) is 13.0. The number of thioether (sulfide) groups is 1. The third-order valence-electron chi connectivity index (χ3n) is 3.71. The minimum atomic E-state index is 0.211. The number of ether oxygens (including phenoxy) is 1. The lowest BCUT2D eigenvalue weighted by Gasteiger charge is -2.31. The molecule has 0 aromatic heterocycles. The lowest BCUT2D eigenvalue weighted by atomic mass is 9.93. The van der Waals surface area contributed by atoms with Crippen LogP contribution in [0.5, 0.6) is 0 Å². The first kappa shape index (κ1) is 15.6. The van der Waals surface area contributed by atoms with Gasteiger partial charge in [0.2, 0.25) is 0 Å². The molecule has 1 saturated heterocycles. The maximum Gasteiger partial charge on any atom is 0.163 e. The van der Waals surface area contributed by atoms with E-state index in [1.54, 1.807) is 0 Å². The average Bonchev–Trinajstić information content (AvgIpc) is 2.50. The van der Waals surface area contributed by atoms with Crippen LogP contribution >= 0.6 is 11.8 Å². The van der Waals surface area contributed by atoms with Crippen molar-refractivity contribution < 1.29 is 9.53 Å². The van der Waals surface area contributed by atoms with Gasteiger partial charge in [-0.3, -0.25) is 4.79 Å². The Morgan fingerprint density at radius 1 is 1.35 bits per heavy atom. The van der Waals surface area contributed by atoms with E-state index in [0.717, 1.165) is 30.8 Å². The van der Waals surface area contributed by atoms with E-state index in [1.807, 2.05) is 42.1 Å². The molecule has 1 fully saturated rings. The van der Waals surface area contributed by atoms with Crippen molar-refractivity contribution in [2.24, 2.45) is 5.92 Å². The summed E-state index contributed by atoms with van der Waals surface area (Å²) in [6, 6.07) is 9.62. The van der Waals surface area contributed by atoms with Crippen molar-refractivity contribution in [1.29, 1.82) is 0 Å². The summed E-state index contributed by atoms with van der Waals surface area (Å²) in [5, 5.41) is 0. The Bertz CT molecular complexity index is 405. The van der Waals surface area contributed by atoms with Crippen LogP contribution < -0.4 is 0 Å². The fourth-order valence-corrected chi connectivity index (χ4v) is 3.91. The van der Waals surface area contributed by atoms with Gasteiger partial charge in [0.25, 0.3) is 0 Å². The number of carbonyl (C=O) groups is 1. The number of carbonyl (C=O) groups excluding carboxylic acids is 1. The highest BCUT2D eigenvalue weighted by Gasteiger charge is 2.28. The molecule has 1 heterocycles. The minimum absolute atomic E-state index is 0.211. The Morgan fingerprint density at radius 3 is 2.90 bits per heavy atom. The number of Topliss-reactive ketones (excluding diaryl/α,β-unsaturated/α-hetero) is 1. The van der Waals surface area contributed by atoms with Crippen molar-refractivity contribution in [3.8, 4) is 0 Å². The molecule has 110 valence electrons. The van der Waals surface area contributed by atoms with Crippen LogP contribution in [0.1, 0.15) is 49.4 Å². The molecule has 0 amide bonds. The van der Waals surface area contributed by atoms with Crippen molar-refractivity contribution in [3.63, 3.8) is 0 Å². The molecule has 0 unspecified atom stereocenters. The van der Waals surface area contributed by atoms with Gasteiger partial charge in [-0.25, -0.2) is 0 Å². The van der Waals surface area contributed by atoms with Crippen molar-refractivity contribution in [3.05, 3.63) is 35.9 Å². The Balaban J connectivity index is 1.89. The first-order valence-electron chi connectivity index (χ1n) is 7.62. The number of hydrogen-bond acceptors (Lipinski definition) is 3. The Kier molecular flexibility index (Phi) is 6.61. The van der Waals surface area contributed by atoms with E-state index in [4.69, 9.17) is 4.74 Å². The van der Waals surface area contributed by atoms with Gasteiger partial charge in [0.1, 0.15) is 5.44 Å². The summed E-state index contributed by atoms with van der Waals surface area (Å²) in [6.45, 7) is 3.05. The van der Waals surface area contributed by atoms with E-state index in [9.17, 15) is 4.79 Å². The molecule has 3 heteroatoms. The molecule has 1 aliphatic rings. The fourth-order valence-electron chi connectivity index (χ4n) is 2.52. The summed E-state index contributed by atoms with van der Waals surface area (Å²) < 4.78 is 5.88. The third-order valence-corrected chi connectivity index (χ3v) is 5.08. The molecule has 20 heavy (non-hydrogen) atoms. The van der Waals surface area contributed by atoms with Gasteiger partial charge in [-0.1, -0.05) is 43.7 Å². The molecule has 2 nitrogen and oxygen atoms in total. The molecule has 2 rings (SSSR count). The largest absolute Gasteiger partial charge is 0.367 e. The molecule has 1 aromatic carbocycles. The first-order valence-corrected chi connectivity index (χ1v) is 8.67. The standard InChI is InChI=1S/C17H24O2S/c1-2-3-12-20-17-15(10-7-11-19-17)13-16(18)14-8-5-4-6-9-14/h4-6,8-9,15,17H,2-3,7,10-13H2,1H3/t15-,17+/m0/s1. The number of benzene rings is 1. The lowest BCUT2D eigenvalue weighted by molar-refractivity contribution is 0.0269. The predicted molar refractivity (Wildman–Crippen MR) is 85.2 cm³/mol. The lowest BCUT2D eigenvalue weighted by Crippen LogP contribution is -2.29. The van der Waals surface area contributed by atoms with E-state index in [2.05, 4.69) is 6.92 Å². The Labute approximate surface area is 126 Å². The van der Waals surface area contributed by atoms with Crippen LogP contribution in [0.4, 0.5) is 0 Å². The summed E-state index contributed by atoms with van der Waals surface area (Å²) in [4.78, 5) is 12.3. The highest BCUT2D eigenvalue weighted by Crippen LogP contribution is 2.32. The van der Waals surface area contributed by atoms with Gasteiger partial charge in [-0.2, -0.15) is 0 Å². The predicted octanol–water partition coefficient (Wildman–Crippen LogP) is 4.55. The highest BCUT2D eigenvalue weighted by molar-refractivity contribution is 7.99. The van der Waals surface area contributed by atoms with Gasteiger partial charge in [0, 0.05) is 24.5 Å². The Hall–Kier alpha value is -0.800. The SMILES string of the molecule is CCCCS[C@H]1OCCC[C@H]1CC(=O)c1ccccc1. The van der Waals surface area contributed by atoms with E-state index < -0.39 is 0 Å². The fraction of sp³-hybridized carbons (Fsp3) is 0.588. The normalized spacial score (nSPS) is 22.6. The summed E-state index contributed by atoms with van der Waals surface area (Å²) >= 11 is 1.89. The van der Waals surface area contributed by atoms with Crippen LogP contribution in [0.25, 0.3) is 0 Å². The molecule has 0 bridgehead atoms. The number of rotatable bonds is 7. The van der Waals surface area contributed by atoms with Crippen molar-refractivity contribution >= 4 is 17.5 Å². The van der Waals surface area contributed by atoms with Crippen LogP contribution in [0.3, 0.4) is 0 Å². The monoisotopic (exact) mass is 292 g/mol. The third kappa shape index (κ3) is 4.64. The first-order chi connectivity index (χ1) is 9.81. The molecule has 0 saturated carbocycles. The topological polar surface area (TPSA) is 26.3 Å². The van der Waals surface area contributed by atoms with Crippen LogP contribution in [-0.4, -0.2) is 23.6 Å². The second kappa shape index (κ2) is 8.48. The number of unbranched alkanes of at least 4 members (excludes halogenated alkanes) is 1. The summed E-state index contributed by atoms with van der Waals surface area (Å²) in [6.07, 6.45) is 5.25. The molecular weight excluding hydrogens is 268 g/mol. The van der Waals surface area contributed by atoms with Crippen LogP contribution in [0.2, 0.25) is 0 Å². The highest BCUT2D eigenvalue weighted by atomic mass is 32.2. The molecule has 1 aromatic rings. The van der Waals surface area contributed by atoms with Gasteiger partial charge in [-0.15, -0.1) is 11.8 Å². The van der Waals surface area contributed by atoms with E-state index in [1.165, 1.54) is 12.8 Å². The van der Waals surface area contributed by atoms with E-state index >= 15 is 0 Å². The van der Waals surface area contributed by atoms with Crippen molar-refractivity contribution in [2.75, 3.05) is 12.4 Å². The Morgan fingerprint density at radius 2 is 2.15 bits per heavy atom. The second-order valence-corrected chi connectivity index (χ2v) is 6.57. The van der Waals surface area contributed by atoms with Crippen LogP contribution in [0, 0.1) is 5.92 Å². The maximum absolute atomic E-state index is 12.3. The average molecular weight is 292 g/mol. The van der Waals surface area contributed by atoms with Crippen molar-refractivity contribution in [1.82, 2.24) is 0 Å². The molecule has 0 N–H and O–H groups in total. The zero-order chi connectivity index (χ0) is 14.2. The molecular formula is C17H24O2S. The molecule has 1 aliphatic heterocycles. The quantitative estimate of drug-likeness (QED) is 0.545. The van der Waals surface area contributed by atoms with Gasteiger partial charge in [-0.05, 0) is 25.0 Å². The van der Waals surface area contributed by atoms with E-state index in [0.29, 0.717) is 12.3 Å².